The number of carbonyl (C=O) groups is 1. The summed E-state index contributed by atoms with van der Waals surface area (Å²) in [4.78, 5) is 11.3. The van der Waals surface area contributed by atoms with Gasteiger partial charge in [-0.3, -0.25) is 4.68 Å². The minimum atomic E-state index is -0.486. The summed E-state index contributed by atoms with van der Waals surface area (Å²) >= 11 is 11.9. The first-order valence-corrected chi connectivity index (χ1v) is 8.09. The molecule has 0 saturated carbocycles. The van der Waals surface area contributed by atoms with Gasteiger partial charge in [0.25, 0.3) is 0 Å². The first-order valence-electron chi connectivity index (χ1n) is 7.34. The molecule has 128 valence electrons. The molecule has 25 heavy (non-hydrogen) atoms. The molecular formula is C18H13Cl2FN2O2. The summed E-state index contributed by atoms with van der Waals surface area (Å²) in [5.74, 6) is -0.898. The number of methoxy groups -OCH3 is 1. The first-order chi connectivity index (χ1) is 12.0. The predicted octanol–water partition coefficient (Wildman–Crippen LogP) is 4.72. The molecule has 0 aliphatic heterocycles. The predicted molar refractivity (Wildman–Crippen MR) is 96.3 cm³/mol. The van der Waals surface area contributed by atoms with E-state index in [0.717, 1.165) is 10.9 Å². The van der Waals surface area contributed by atoms with E-state index >= 15 is 0 Å². The van der Waals surface area contributed by atoms with E-state index in [-0.39, 0.29) is 6.54 Å². The molecule has 0 fully saturated rings. The normalized spacial score (nSPS) is 11.4. The Morgan fingerprint density at radius 3 is 2.68 bits per heavy atom. The highest BCUT2D eigenvalue weighted by Crippen LogP contribution is 2.25. The molecule has 7 heteroatoms. The third kappa shape index (κ3) is 3.83. The van der Waals surface area contributed by atoms with Crippen molar-refractivity contribution in [3.63, 3.8) is 0 Å². The SMILES string of the molecule is COC(=O)/C=C/c1nn(Cc2ccc(Cl)cc2F)c2cc(Cl)ccc12. The van der Waals surface area contributed by atoms with Gasteiger partial charge in [0.05, 0.1) is 24.9 Å². The summed E-state index contributed by atoms with van der Waals surface area (Å²) in [5.41, 5.74) is 1.73. The van der Waals surface area contributed by atoms with Gasteiger partial charge in [0, 0.05) is 27.1 Å². The molecule has 0 unspecified atom stereocenters. The van der Waals surface area contributed by atoms with E-state index < -0.39 is 11.8 Å². The molecular weight excluding hydrogens is 366 g/mol. The van der Waals surface area contributed by atoms with Crippen molar-refractivity contribution in [2.75, 3.05) is 7.11 Å². The van der Waals surface area contributed by atoms with Crippen LogP contribution in [0.4, 0.5) is 4.39 Å². The second-order valence-electron chi connectivity index (χ2n) is 5.30. The largest absolute Gasteiger partial charge is 0.466 e. The van der Waals surface area contributed by atoms with Crippen LogP contribution in [0.3, 0.4) is 0 Å². The Balaban J connectivity index is 2.06. The van der Waals surface area contributed by atoms with Gasteiger partial charge in [0.2, 0.25) is 0 Å². The fourth-order valence-corrected chi connectivity index (χ4v) is 2.77. The average molecular weight is 379 g/mol. The molecule has 1 heterocycles. The zero-order valence-electron chi connectivity index (χ0n) is 13.2. The van der Waals surface area contributed by atoms with Gasteiger partial charge in [-0.1, -0.05) is 29.3 Å². The molecule has 0 spiro atoms. The molecule has 3 rings (SSSR count). The summed E-state index contributed by atoms with van der Waals surface area (Å²) < 4.78 is 20.3. The monoisotopic (exact) mass is 378 g/mol. The van der Waals surface area contributed by atoms with Crippen LogP contribution in [0.15, 0.2) is 42.5 Å². The second kappa shape index (κ2) is 7.25. The van der Waals surface area contributed by atoms with Crippen molar-refractivity contribution >= 4 is 46.2 Å². The molecule has 0 radical (unpaired) electrons. The van der Waals surface area contributed by atoms with Gasteiger partial charge in [-0.05, 0) is 36.4 Å². The number of carbonyl (C=O) groups excluding carboxylic acids is 1. The van der Waals surface area contributed by atoms with Crippen molar-refractivity contribution in [2.24, 2.45) is 0 Å². The lowest BCUT2D eigenvalue weighted by Crippen LogP contribution is -2.04. The zero-order valence-corrected chi connectivity index (χ0v) is 14.7. The van der Waals surface area contributed by atoms with Crippen LogP contribution in [0.5, 0.6) is 0 Å². The van der Waals surface area contributed by atoms with Crippen LogP contribution in [0, 0.1) is 5.82 Å². The Morgan fingerprint density at radius 2 is 1.96 bits per heavy atom. The van der Waals surface area contributed by atoms with E-state index in [2.05, 4.69) is 9.84 Å². The quantitative estimate of drug-likeness (QED) is 0.487. The summed E-state index contributed by atoms with van der Waals surface area (Å²) in [7, 11) is 1.30. The van der Waals surface area contributed by atoms with Crippen LogP contribution >= 0.6 is 23.2 Å². The van der Waals surface area contributed by atoms with E-state index in [9.17, 15) is 9.18 Å². The maximum atomic E-state index is 14.1. The molecule has 0 aliphatic carbocycles. The highest BCUT2D eigenvalue weighted by atomic mass is 35.5. The van der Waals surface area contributed by atoms with Crippen LogP contribution < -0.4 is 0 Å². The molecule has 4 nitrogen and oxygen atoms in total. The summed E-state index contributed by atoms with van der Waals surface area (Å²) in [6.45, 7) is 0.200. The van der Waals surface area contributed by atoms with Gasteiger partial charge in [-0.15, -0.1) is 0 Å². The maximum absolute atomic E-state index is 14.1. The lowest BCUT2D eigenvalue weighted by atomic mass is 10.2. The van der Waals surface area contributed by atoms with Gasteiger partial charge in [-0.2, -0.15) is 5.10 Å². The molecule has 0 atom stereocenters. The Bertz CT molecular complexity index is 983. The summed E-state index contributed by atoms with van der Waals surface area (Å²) in [6.07, 6.45) is 2.83. The van der Waals surface area contributed by atoms with Crippen molar-refractivity contribution in [3.05, 3.63) is 69.6 Å². The fraction of sp³-hybridized carbons (Fsp3) is 0.111. The summed E-state index contributed by atoms with van der Waals surface area (Å²) in [6, 6.07) is 9.77. The smallest absolute Gasteiger partial charge is 0.330 e. The van der Waals surface area contributed by atoms with Crippen LogP contribution in [0.1, 0.15) is 11.3 Å². The maximum Gasteiger partial charge on any atom is 0.330 e. The fourth-order valence-electron chi connectivity index (χ4n) is 2.44. The average Bonchev–Trinajstić information content (AvgIpc) is 2.92. The number of rotatable bonds is 4. The van der Waals surface area contributed by atoms with Crippen LogP contribution in [0.25, 0.3) is 17.0 Å². The number of benzene rings is 2. The van der Waals surface area contributed by atoms with Crippen molar-refractivity contribution in [3.8, 4) is 0 Å². The van der Waals surface area contributed by atoms with Crippen molar-refractivity contribution in [2.45, 2.75) is 6.54 Å². The number of ether oxygens (including phenoxy) is 1. The van der Waals surface area contributed by atoms with Crippen molar-refractivity contribution in [1.82, 2.24) is 9.78 Å². The van der Waals surface area contributed by atoms with Gasteiger partial charge in [0.15, 0.2) is 0 Å². The molecule has 1 aromatic heterocycles. The van der Waals surface area contributed by atoms with E-state index in [1.54, 1.807) is 41.1 Å². The molecule has 3 aromatic rings. The van der Waals surface area contributed by atoms with E-state index in [4.69, 9.17) is 23.2 Å². The topological polar surface area (TPSA) is 44.1 Å². The van der Waals surface area contributed by atoms with Crippen LogP contribution in [-0.2, 0) is 16.1 Å². The van der Waals surface area contributed by atoms with Crippen molar-refractivity contribution < 1.29 is 13.9 Å². The first kappa shape index (κ1) is 17.5. The lowest BCUT2D eigenvalue weighted by Gasteiger charge is -2.06. The van der Waals surface area contributed by atoms with E-state index in [1.165, 1.54) is 19.3 Å². The third-order valence-corrected chi connectivity index (χ3v) is 4.13. The van der Waals surface area contributed by atoms with Crippen molar-refractivity contribution in [1.29, 1.82) is 0 Å². The molecule has 0 saturated heterocycles. The van der Waals surface area contributed by atoms with Crippen LogP contribution in [-0.4, -0.2) is 22.9 Å². The molecule has 2 aromatic carbocycles. The standard InChI is InChI=1S/C18H13Cl2FN2O2/c1-25-18(24)7-6-16-14-5-4-13(20)9-17(14)23(22-16)10-11-2-3-12(19)8-15(11)21/h2-9H,10H2,1H3/b7-6+. The minimum absolute atomic E-state index is 0.200. The number of halogens is 3. The van der Waals surface area contributed by atoms with Gasteiger partial charge in [0.1, 0.15) is 5.82 Å². The number of hydrogen-bond acceptors (Lipinski definition) is 3. The third-order valence-electron chi connectivity index (χ3n) is 3.66. The lowest BCUT2D eigenvalue weighted by molar-refractivity contribution is -0.134. The Hall–Kier alpha value is -2.37. The van der Waals surface area contributed by atoms with Gasteiger partial charge >= 0.3 is 5.97 Å². The minimum Gasteiger partial charge on any atom is -0.466 e. The Labute approximate surface area is 153 Å². The van der Waals surface area contributed by atoms with E-state index in [1.807, 2.05) is 0 Å². The van der Waals surface area contributed by atoms with Gasteiger partial charge < -0.3 is 4.74 Å². The zero-order chi connectivity index (χ0) is 18.0. The highest BCUT2D eigenvalue weighted by molar-refractivity contribution is 6.31. The molecule has 0 N–H and O–H groups in total. The number of aromatic nitrogens is 2. The number of nitrogens with zero attached hydrogens (tertiary/aromatic N) is 2. The second-order valence-corrected chi connectivity index (χ2v) is 6.17. The Kier molecular flexibility index (Phi) is 5.06. The number of hydrogen-bond donors (Lipinski definition) is 0. The molecule has 0 aliphatic rings. The number of esters is 1. The molecule has 0 bridgehead atoms. The number of fused-ring (bicyclic) bond motifs is 1. The summed E-state index contributed by atoms with van der Waals surface area (Å²) in [5, 5.41) is 6.12. The molecule has 0 amide bonds. The van der Waals surface area contributed by atoms with Gasteiger partial charge in [-0.25, -0.2) is 9.18 Å². The highest BCUT2D eigenvalue weighted by Gasteiger charge is 2.12. The van der Waals surface area contributed by atoms with Crippen LogP contribution in [0.2, 0.25) is 10.0 Å². The Morgan fingerprint density at radius 1 is 1.24 bits per heavy atom. The van der Waals surface area contributed by atoms with E-state index in [0.29, 0.717) is 21.3 Å².